The molecule has 5 N–H and O–H groups in total. The highest BCUT2D eigenvalue weighted by molar-refractivity contribution is 14.1. The molecule has 0 spiro atoms. The molecular formula is C38H47IN6O8. The number of aliphatic hydroxyl groups excluding tert-OH is 1. The predicted octanol–water partition coefficient (Wildman–Crippen LogP) is 3.80. The maximum Gasteiger partial charge on any atom is 0.405 e. The van der Waals surface area contributed by atoms with E-state index in [9.17, 15) is 24.3 Å². The molecule has 2 heterocycles. The topological polar surface area (TPSA) is 197 Å². The highest BCUT2D eigenvalue weighted by atomic mass is 127. The third-order valence-electron chi connectivity index (χ3n) is 9.12. The average Bonchev–Trinajstić information content (AvgIpc) is 3.57. The fraction of sp³-hybridized carbons (Fsp3) is 0.421. The third-order valence-corrected chi connectivity index (χ3v) is 10.2. The van der Waals surface area contributed by atoms with Crippen LogP contribution in [0.4, 0.5) is 4.79 Å². The lowest BCUT2D eigenvalue weighted by Gasteiger charge is -2.30. The molecule has 53 heavy (non-hydrogen) atoms. The zero-order valence-corrected chi connectivity index (χ0v) is 32.8. The van der Waals surface area contributed by atoms with Crippen LogP contribution in [0.1, 0.15) is 51.8 Å². The molecule has 2 amide bonds. The van der Waals surface area contributed by atoms with Crippen molar-refractivity contribution in [1.29, 1.82) is 0 Å². The van der Waals surface area contributed by atoms with Gasteiger partial charge < -0.3 is 35.7 Å². The molecule has 1 aliphatic heterocycles. The summed E-state index contributed by atoms with van der Waals surface area (Å²) in [4.78, 5) is 52.8. The number of Topliss-reactive ketones (excluding diaryl/α,β-unsaturated/α-hetero) is 1. The zero-order chi connectivity index (χ0) is 38.8. The first kappa shape index (κ1) is 41.3. The highest BCUT2D eigenvalue weighted by Gasteiger charge is 2.33. The van der Waals surface area contributed by atoms with Gasteiger partial charge in [-0.1, -0.05) is 61.6 Å². The number of carbonyl (C=O) groups is 4. The van der Waals surface area contributed by atoms with Crippen molar-refractivity contribution in [2.45, 2.75) is 78.0 Å². The SMILES string of the molecule is CO[C@H]1/C=C\C=C(/C)C(=O)NC2=CC(=O)C(NCc3cn(Cc4ccccc4I)nn3)=C(C[C@@H](C)C[C@H](OC)[C@H](O)[C@@H](C)/C=C(\C)[C@@H]1OC(N)=O)C2=O. The number of rotatable bonds is 8. The number of allylic oxidation sites excluding steroid dienone is 4. The number of aliphatic hydroxyl groups is 1. The van der Waals surface area contributed by atoms with Crippen molar-refractivity contribution in [3.8, 4) is 0 Å². The quantitative estimate of drug-likeness (QED) is 0.172. The molecule has 2 aliphatic rings. The van der Waals surface area contributed by atoms with Gasteiger partial charge in [0.15, 0.2) is 6.10 Å². The van der Waals surface area contributed by atoms with Crippen LogP contribution in [-0.4, -0.2) is 82.3 Å². The highest BCUT2D eigenvalue weighted by Crippen LogP contribution is 2.29. The molecule has 1 aromatic heterocycles. The van der Waals surface area contributed by atoms with Gasteiger partial charge in [-0.15, -0.1) is 5.10 Å². The number of primary amides is 1. The van der Waals surface area contributed by atoms with E-state index in [-0.39, 0.29) is 41.4 Å². The van der Waals surface area contributed by atoms with E-state index in [1.807, 2.05) is 31.2 Å². The van der Waals surface area contributed by atoms with Crippen LogP contribution in [0, 0.1) is 15.4 Å². The van der Waals surface area contributed by atoms with Crippen LogP contribution in [0.5, 0.6) is 0 Å². The average molecular weight is 843 g/mol. The number of halogens is 1. The molecule has 2 bridgehead atoms. The van der Waals surface area contributed by atoms with E-state index in [4.69, 9.17) is 19.9 Å². The minimum absolute atomic E-state index is 0.0978. The third kappa shape index (κ3) is 11.0. The number of aromatic nitrogens is 3. The van der Waals surface area contributed by atoms with Crippen molar-refractivity contribution >= 4 is 46.2 Å². The number of hydrogen-bond donors (Lipinski definition) is 4. The Balaban J connectivity index is 1.67. The first-order valence-corrected chi connectivity index (χ1v) is 18.2. The Kier molecular flexibility index (Phi) is 14.8. The monoisotopic (exact) mass is 842 g/mol. The first-order chi connectivity index (χ1) is 25.2. The van der Waals surface area contributed by atoms with E-state index in [1.165, 1.54) is 20.3 Å². The number of fused-ring (bicyclic) bond motifs is 2. The van der Waals surface area contributed by atoms with Crippen molar-refractivity contribution < 1.29 is 38.5 Å². The van der Waals surface area contributed by atoms with E-state index in [0.717, 1.165) is 15.2 Å². The summed E-state index contributed by atoms with van der Waals surface area (Å²) in [5, 5.41) is 25.6. The molecule has 0 radical (unpaired) electrons. The molecule has 4 rings (SSSR count). The Labute approximate surface area is 322 Å². The number of methoxy groups -OCH3 is 2. The van der Waals surface area contributed by atoms with Crippen molar-refractivity contribution in [3.63, 3.8) is 0 Å². The number of ketones is 2. The fourth-order valence-corrected chi connectivity index (χ4v) is 6.81. The molecule has 2 aromatic rings. The molecule has 0 unspecified atom stereocenters. The summed E-state index contributed by atoms with van der Waals surface area (Å²) >= 11 is 2.27. The second kappa shape index (κ2) is 19.0. The van der Waals surface area contributed by atoms with Gasteiger partial charge in [-0.05, 0) is 72.4 Å². The molecule has 1 aliphatic carbocycles. The molecule has 0 saturated carbocycles. The van der Waals surface area contributed by atoms with Gasteiger partial charge >= 0.3 is 6.09 Å². The van der Waals surface area contributed by atoms with E-state index < -0.39 is 53.9 Å². The Bertz CT molecular complexity index is 1850. The molecular weight excluding hydrogens is 795 g/mol. The normalized spacial score (nSPS) is 27.5. The predicted molar refractivity (Wildman–Crippen MR) is 205 cm³/mol. The Morgan fingerprint density at radius 3 is 2.57 bits per heavy atom. The molecule has 1 aromatic carbocycles. The largest absolute Gasteiger partial charge is 0.439 e. The van der Waals surface area contributed by atoms with Gasteiger partial charge in [0.05, 0.1) is 42.9 Å². The molecule has 15 heteroatoms. The zero-order valence-electron chi connectivity index (χ0n) is 30.7. The van der Waals surface area contributed by atoms with Gasteiger partial charge in [-0.3, -0.25) is 14.4 Å². The van der Waals surface area contributed by atoms with Gasteiger partial charge in [0, 0.05) is 40.9 Å². The van der Waals surface area contributed by atoms with Crippen molar-refractivity contribution in [1.82, 2.24) is 25.6 Å². The smallest absolute Gasteiger partial charge is 0.405 e. The number of benzene rings is 1. The van der Waals surface area contributed by atoms with Crippen molar-refractivity contribution in [2.75, 3.05) is 14.2 Å². The second-order valence-electron chi connectivity index (χ2n) is 13.3. The number of nitrogens with two attached hydrogens (primary N) is 1. The summed E-state index contributed by atoms with van der Waals surface area (Å²) in [6.45, 7) is 7.61. The van der Waals surface area contributed by atoms with Crippen LogP contribution in [0.25, 0.3) is 0 Å². The molecule has 284 valence electrons. The van der Waals surface area contributed by atoms with Crippen LogP contribution >= 0.6 is 22.6 Å². The summed E-state index contributed by atoms with van der Waals surface area (Å²) in [7, 11) is 2.92. The van der Waals surface area contributed by atoms with E-state index >= 15 is 0 Å². The maximum absolute atomic E-state index is 14.0. The summed E-state index contributed by atoms with van der Waals surface area (Å²) in [6, 6.07) is 7.94. The maximum atomic E-state index is 14.0. The standard InChI is InChI=1S/C38H47IN6O8/c1-21-14-27-33(41-18-26-20-45(44-43-26)19-25-11-7-8-12-28(25)39)30(46)17-29(35(27)48)42-37(49)22(2)10-9-13-31(51-5)36(53-38(40)50)24(4)16-23(3)34(47)32(15-21)52-6/h7-13,16-17,20-21,23,31-32,34,36,41,47H,14-15,18-19H2,1-6H3,(H2,40,50)(H,42,49)/b13-9-,22-10+,24-16+/t21-,23+,31+,32+,34-,36+/m1/s1. The number of hydrogen-bond acceptors (Lipinski definition) is 11. The summed E-state index contributed by atoms with van der Waals surface area (Å²) in [6.07, 6.45) is 5.33. The van der Waals surface area contributed by atoms with Gasteiger partial charge in [-0.2, -0.15) is 0 Å². The number of nitrogens with zero attached hydrogens (tertiary/aromatic N) is 3. The number of carbonyl (C=O) groups excluding carboxylic acids is 4. The van der Waals surface area contributed by atoms with Gasteiger partial charge in [-0.25, -0.2) is 9.48 Å². The Morgan fingerprint density at radius 1 is 1.15 bits per heavy atom. The van der Waals surface area contributed by atoms with Crippen molar-refractivity contribution in [3.05, 3.63) is 104 Å². The Morgan fingerprint density at radius 2 is 1.89 bits per heavy atom. The van der Waals surface area contributed by atoms with Crippen LogP contribution in [0.2, 0.25) is 0 Å². The van der Waals surface area contributed by atoms with Gasteiger partial charge in [0.25, 0.3) is 5.91 Å². The van der Waals surface area contributed by atoms with E-state index in [1.54, 1.807) is 49.9 Å². The number of amides is 2. The van der Waals surface area contributed by atoms with Crippen LogP contribution in [-0.2, 0) is 41.7 Å². The van der Waals surface area contributed by atoms with Crippen LogP contribution in [0.3, 0.4) is 0 Å². The lowest BCUT2D eigenvalue weighted by Crippen LogP contribution is -2.37. The van der Waals surface area contributed by atoms with Crippen LogP contribution < -0.4 is 16.4 Å². The Hall–Kier alpha value is -4.45. The minimum Gasteiger partial charge on any atom is -0.439 e. The molecule has 6 atom stereocenters. The fourth-order valence-electron chi connectivity index (χ4n) is 6.26. The number of nitrogens with one attached hydrogen (secondary N) is 2. The van der Waals surface area contributed by atoms with E-state index in [2.05, 4.69) is 43.5 Å². The summed E-state index contributed by atoms with van der Waals surface area (Å²) < 4.78 is 19.5. The molecule has 0 fully saturated rings. The summed E-state index contributed by atoms with van der Waals surface area (Å²) in [5.74, 6) is -2.33. The molecule has 0 saturated heterocycles. The number of ether oxygens (including phenoxy) is 3. The van der Waals surface area contributed by atoms with E-state index in [0.29, 0.717) is 24.2 Å². The van der Waals surface area contributed by atoms with Crippen molar-refractivity contribution in [2.24, 2.45) is 17.6 Å². The minimum atomic E-state index is -1.01. The van der Waals surface area contributed by atoms with Crippen LogP contribution in [0.15, 0.2) is 89.0 Å². The van der Waals surface area contributed by atoms with Gasteiger partial charge in [0.1, 0.15) is 11.8 Å². The lowest BCUT2D eigenvalue weighted by molar-refractivity contribution is -0.120. The summed E-state index contributed by atoms with van der Waals surface area (Å²) in [5.41, 5.74) is 7.96. The van der Waals surface area contributed by atoms with Gasteiger partial charge in [0.2, 0.25) is 11.6 Å². The lowest BCUT2D eigenvalue weighted by atomic mass is 9.85. The molecule has 14 nitrogen and oxygen atoms in total. The second-order valence-corrected chi connectivity index (χ2v) is 14.4. The first-order valence-electron chi connectivity index (χ1n) is 17.2.